The van der Waals surface area contributed by atoms with Gasteiger partial charge in [0.2, 0.25) is 0 Å². The zero-order valence-electron chi connectivity index (χ0n) is 15.8. The highest BCUT2D eigenvalue weighted by Gasteiger charge is 2.39. The van der Waals surface area contributed by atoms with Gasteiger partial charge in [-0.15, -0.1) is 24.8 Å². The van der Waals surface area contributed by atoms with Crippen molar-refractivity contribution in [3.8, 4) is 5.82 Å². The van der Waals surface area contributed by atoms with E-state index in [0.29, 0.717) is 19.4 Å². The van der Waals surface area contributed by atoms with Crippen LogP contribution in [0.5, 0.6) is 0 Å². The van der Waals surface area contributed by atoms with E-state index >= 15 is 0 Å². The maximum atomic E-state index is 12.6. The molecule has 0 aromatic carbocycles. The SMILES string of the molecule is COC1(C(=O)NCc2ccc(-n3nc(C)cc3C)nc2)CCNCC1.Cl.Cl. The molecule has 0 atom stereocenters. The molecule has 0 aliphatic carbocycles. The third-order valence-electron chi connectivity index (χ3n) is 4.70. The molecule has 0 unspecified atom stereocenters. The van der Waals surface area contributed by atoms with Gasteiger partial charge in [0.15, 0.2) is 5.82 Å². The number of methoxy groups -OCH3 is 1. The molecule has 2 N–H and O–H groups in total. The van der Waals surface area contributed by atoms with E-state index in [-0.39, 0.29) is 30.7 Å². The summed E-state index contributed by atoms with van der Waals surface area (Å²) in [6, 6.07) is 5.89. The Labute approximate surface area is 172 Å². The van der Waals surface area contributed by atoms with Crippen LogP contribution >= 0.6 is 24.8 Å². The standard InChI is InChI=1S/C18H25N5O2.2ClH/c1-13-10-14(2)23(22-13)16-5-4-15(11-20-16)12-21-17(24)18(25-3)6-8-19-9-7-18;;/h4-5,10-11,19H,6-9,12H2,1-3H3,(H,21,24);2*1H. The predicted molar refractivity (Wildman–Crippen MR) is 109 cm³/mol. The number of pyridine rings is 1. The summed E-state index contributed by atoms with van der Waals surface area (Å²) < 4.78 is 7.35. The molecular weight excluding hydrogens is 389 g/mol. The summed E-state index contributed by atoms with van der Waals surface area (Å²) in [5.74, 6) is 0.714. The molecule has 2 aromatic rings. The number of carbonyl (C=O) groups excluding carboxylic acids is 1. The van der Waals surface area contributed by atoms with Gasteiger partial charge in [0.25, 0.3) is 5.91 Å². The van der Waals surface area contributed by atoms with E-state index in [4.69, 9.17) is 4.74 Å². The average Bonchev–Trinajstić information content (AvgIpc) is 2.99. The number of hydrogen-bond donors (Lipinski definition) is 2. The molecule has 1 aliphatic heterocycles. The van der Waals surface area contributed by atoms with E-state index in [9.17, 15) is 4.79 Å². The molecule has 0 bridgehead atoms. The van der Waals surface area contributed by atoms with Gasteiger partial charge in [0.05, 0.1) is 5.69 Å². The Bertz CT molecular complexity index is 743. The van der Waals surface area contributed by atoms with E-state index in [1.54, 1.807) is 13.3 Å². The minimum atomic E-state index is -0.720. The Balaban J connectivity index is 0.00000182. The van der Waals surface area contributed by atoms with Gasteiger partial charge in [0.1, 0.15) is 5.60 Å². The number of aromatic nitrogens is 3. The Hall–Kier alpha value is -1.67. The van der Waals surface area contributed by atoms with Gasteiger partial charge in [-0.1, -0.05) is 6.07 Å². The molecule has 1 fully saturated rings. The van der Waals surface area contributed by atoms with Crippen molar-refractivity contribution in [3.63, 3.8) is 0 Å². The number of amides is 1. The largest absolute Gasteiger partial charge is 0.368 e. The number of nitrogens with zero attached hydrogens (tertiary/aromatic N) is 3. The first-order chi connectivity index (χ1) is 12.0. The maximum absolute atomic E-state index is 12.6. The lowest BCUT2D eigenvalue weighted by Crippen LogP contribution is -2.53. The summed E-state index contributed by atoms with van der Waals surface area (Å²) in [7, 11) is 1.61. The van der Waals surface area contributed by atoms with Gasteiger partial charge in [-0.25, -0.2) is 9.67 Å². The van der Waals surface area contributed by atoms with E-state index in [1.165, 1.54) is 0 Å². The second-order valence-electron chi connectivity index (χ2n) is 6.49. The topological polar surface area (TPSA) is 81.1 Å². The van der Waals surface area contributed by atoms with Crippen LogP contribution in [0.2, 0.25) is 0 Å². The fourth-order valence-electron chi connectivity index (χ4n) is 3.21. The number of rotatable bonds is 5. The number of aryl methyl sites for hydroxylation is 2. The number of nitrogens with one attached hydrogen (secondary N) is 2. The maximum Gasteiger partial charge on any atom is 0.252 e. The third kappa shape index (κ3) is 5.19. The Kier molecular flexibility index (Phi) is 8.68. The number of halogens is 2. The quantitative estimate of drug-likeness (QED) is 0.781. The van der Waals surface area contributed by atoms with E-state index in [1.807, 2.05) is 36.7 Å². The van der Waals surface area contributed by atoms with Crippen LogP contribution in [0.15, 0.2) is 24.4 Å². The fourth-order valence-corrected chi connectivity index (χ4v) is 3.21. The molecule has 150 valence electrons. The summed E-state index contributed by atoms with van der Waals surface area (Å²) in [6.45, 7) is 5.97. The van der Waals surface area contributed by atoms with Crippen LogP contribution in [0.4, 0.5) is 0 Å². The Morgan fingerprint density at radius 3 is 2.52 bits per heavy atom. The van der Waals surface area contributed by atoms with Gasteiger partial charge in [-0.3, -0.25) is 4.79 Å². The second kappa shape index (κ2) is 10.0. The van der Waals surface area contributed by atoms with Crippen LogP contribution in [0.3, 0.4) is 0 Å². The number of hydrogen-bond acceptors (Lipinski definition) is 5. The van der Waals surface area contributed by atoms with Crippen molar-refractivity contribution in [3.05, 3.63) is 41.3 Å². The molecule has 2 aromatic heterocycles. The van der Waals surface area contributed by atoms with Crippen LogP contribution in [0.25, 0.3) is 5.82 Å². The average molecular weight is 416 g/mol. The summed E-state index contributed by atoms with van der Waals surface area (Å²) in [5, 5.41) is 10.7. The summed E-state index contributed by atoms with van der Waals surface area (Å²) in [4.78, 5) is 17.0. The van der Waals surface area contributed by atoms with Crippen LogP contribution in [0.1, 0.15) is 29.8 Å². The van der Waals surface area contributed by atoms with Gasteiger partial charge in [-0.05, 0) is 57.5 Å². The predicted octanol–water partition coefficient (Wildman–Crippen LogP) is 2.11. The summed E-state index contributed by atoms with van der Waals surface area (Å²) in [5.41, 5.74) is 2.22. The highest BCUT2D eigenvalue weighted by Crippen LogP contribution is 2.22. The van der Waals surface area contributed by atoms with Crippen molar-refractivity contribution in [2.75, 3.05) is 20.2 Å². The lowest BCUT2D eigenvalue weighted by molar-refractivity contribution is -0.146. The molecule has 7 nitrogen and oxygen atoms in total. The molecule has 0 saturated carbocycles. The van der Waals surface area contributed by atoms with Crippen molar-refractivity contribution < 1.29 is 9.53 Å². The number of carbonyl (C=O) groups is 1. The van der Waals surface area contributed by atoms with Gasteiger partial charge in [0, 0.05) is 25.5 Å². The van der Waals surface area contributed by atoms with Crippen LogP contribution < -0.4 is 10.6 Å². The Morgan fingerprint density at radius 2 is 2.00 bits per heavy atom. The van der Waals surface area contributed by atoms with Crippen molar-refractivity contribution in [1.82, 2.24) is 25.4 Å². The first-order valence-corrected chi connectivity index (χ1v) is 8.57. The normalized spacial score (nSPS) is 15.4. The number of piperidine rings is 1. The second-order valence-corrected chi connectivity index (χ2v) is 6.49. The van der Waals surface area contributed by atoms with Gasteiger partial charge in [-0.2, -0.15) is 5.10 Å². The molecular formula is C18H27Cl2N5O2. The molecule has 0 radical (unpaired) electrons. The lowest BCUT2D eigenvalue weighted by Gasteiger charge is -2.34. The zero-order chi connectivity index (χ0) is 17.9. The highest BCUT2D eigenvalue weighted by molar-refractivity contribution is 5.86. The van der Waals surface area contributed by atoms with E-state index < -0.39 is 5.60 Å². The minimum Gasteiger partial charge on any atom is -0.368 e. The minimum absolute atomic E-state index is 0. The lowest BCUT2D eigenvalue weighted by atomic mass is 9.91. The third-order valence-corrected chi connectivity index (χ3v) is 4.70. The van der Waals surface area contributed by atoms with Gasteiger partial charge < -0.3 is 15.4 Å². The van der Waals surface area contributed by atoms with Crippen LogP contribution in [-0.2, 0) is 16.1 Å². The van der Waals surface area contributed by atoms with E-state index in [0.717, 1.165) is 35.9 Å². The number of ether oxygens (including phenoxy) is 1. The summed E-state index contributed by atoms with van der Waals surface area (Å²) >= 11 is 0. The zero-order valence-corrected chi connectivity index (χ0v) is 17.5. The van der Waals surface area contributed by atoms with Crippen molar-refractivity contribution >= 4 is 30.7 Å². The first kappa shape index (κ1) is 23.4. The molecule has 3 rings (SSSR count). The van der Waals surface area contributed by atoms with Crippen molar-refractivity contribution in [2.24, 2.45) is 0 Å². The summed E-state index contributed by atoms with van der Waals surface area (Å²) in [6.07, 6.45) is 3.14. The van der Waals surface area contributed by atoms with Crippen molar-refractivity contribution in [2.45, 2.75) is 38.8 Å². The van der Waals surface area contributed by atoms with Crippen molar-refractivity contribution in [1.29, 1.82) is 0 Å². The molecule has 27 heavy (non-hydrogen) atoms. The smallest absolute Gasteiger partial charge is 0.252 e. The van der Waals surface area contributed by atoms with Crippen LogP contribution in [0, 0.1) is 13.8 Å². The fraction of sp³-hybridized carbons (Fsp3) is 0.500. The molecule has 9 heteroatoms. The monoisotopic (exact) mass is 415 g/mol. The van der Waals surface area contributed by atoms with E-state index in [2.05, 4.69) is 20.7 Å². The van der Waals surface area contributed by atoms with Crippen LogP contribution in [-0.4, -0.2) is 46.5 Å². The molecule has 3 heterocycles. The molecule has 1 saturated heterocycles. The molecule has 1 aliphatic rings. The van der Waals surface area contributed by atoms with Gasteiger partial charge >= 0.3 is 0 Å². The molecule has 1 amide bonds. The molecule has 0 spiro atoms. The highest BCUT2D eigenvalue weighted by atomic mass is 35.5. The first-order valence-electron chi connectivity index (χ1n) is 8.57. The Morgan fingerprint density at radius 1 is 1.30 bits per heavy atom.